The summed E-state index contributed by atoms with van der Waals surface area (Å²) in [6.45, 7) is 0.536. The average Bonchev–Trinajstić information content (AvgIpc) is 2.84. The van der Waals surface area contributed by atoms with E-state index in [1.807, 2.05) is 66.7 Å². The lowest BCUT2D eigenvalue weighted by Crippen LogP contribution is -2.35. The standard InChI is InChI=1S/C26H28N2O4.ClH/c1-28(26(30)32-17-19-10-6-3-7-11-19)24-20-12-14-22(27)25(29)21(20)13-15-23(24)31-16-18-8-4-2-5-9-18;/h2-11,13,15,22,25,29H,12,14,16-17,27H2,1H3;1H/t22-,25-;/m1./s1. The van der Waals surface area contributed by atoms with Crippen molar-refractivity contribution in [3.05, 3.63) is 95.1 Å². The number of aliphatic hydroxyl groups is 1. The van der Waals surface area contributed by atoms with E-state index in [0.29, 0.717) is 30.9 Å². The van der Waals surface area contributed by atoms with Gasteiger partial charge in [-0.05, 0) is 41.2 Å². The summed E-state index contributed by atoms with van der Waals surface area (Å²) in [6.07, 6.45) is -0.0108. The molecule has 2 atom stereocenters. The van der Waals surface area contributed by atoms with E-state index in [1.54, 1.807) is 13.1 Å². The van der Waals surface area contributed by atoms with Crippen LogP contribution in [0.15, 0.2) is 72.8 Å². The molecule has 33 heavy (non-hydrogen) atoms. The summed E-state index contributed by atoms with van der Waals surface area (Å²) < 4.78 is 11.7. The molecule has 1 amide bonds. The minimum absolute atomic E-state index is 0. The molecule has 4 rings (SSSR count). The Bertz CT molecular complexity index is 1060. The second-order valence-corrected chi connectivity index (χ2v) is 8.00. The Balaban J connectivity index is 0.00000306. The third kappa shape index (κ3) is 5.66. The normalized spacial score (nSPS) is 16.8. The van der Waals surface area contributed by atoms with Gasteiger partial charge in [-0.2, -0.15) is 0 Å². The quantitative estimate of drug-likeness (QED) is 0.544. The number of benzene rings is 3. The highest BCUT2D eigenvalue weighted by atomic mass is 35.5. The Labute approximate surface area is 200 Å². The highest BCUT2D eigenvalue weighted by molar-refractivity contribution is 5.91. The maximum atomic E-state index is 12.9. The second kappa shape index (κ2) is 11.2. The van der Waals surface area contributed by atoms with Crippen molar-refractivity contribution in [2.45, 2.75) is 38.2 Å². The molecular formula is C26H29ClN2O4. The van der Waals surface area contributed by atoms with Crippen LogP contribution in [-0.2, 0) is 24.4 Å². The summed E-state index contributed by atoms with van der Waals surface area (Å²) in [5.74, 6) is 0.564. The molecule has 3 aromatic carbocycles. The molecule has 0 aliphatic heterocycles. The zero-order valence-electron chi connectivity index (χ0n) is 18.5. The fourth-order valence-corrected chi connectivity index (χ4v) is 4.00. The van der Waals surface area contributed by atoms with Crippen LogP contribution in [0.3, 0.4) is 0 Å². The van der Waals surface area contributed by atoms with Crippen molar-refractivity contribution < 1.29 is 19.4 Å². The largest absolute Gasteiger partial charge is 0.487 e. The van der Waals surface area contributed by atoms with E-state index in [4.69, 9.17) is 15.2 Å². The van der Waals surface area contributed by atoms with Gasteiger partial charge in [0, 0.05) is 13.1 Å². The van der Waals surface area contributed by atoms with Crippen molar-refractivity contribution in [2.75, 3.05) is 11.9 Å². The van der Waals surface area contributed by atoms with Crippen molar-refractivity contribution in [3.8, 4) is 5.75 Å². The zero-order chi connectivity index (χ0) is 22.5. The van der Waals surface area contributed by atoms with Crippen LogP contribution in [0.1, 0.15) is 34.8 Å². The summed E-state index contributed by atoms with van der Waals surface area (Å²) in [5.41, 5.74) is 10.2. The molecular weight excluding hydrogens is 440 g/mol. The molecule has 0 saturated carbocycles. The van der Waals surface area contributed by atoms with Crippen LogP contribution in [0, 0.1) is 0 Å². The number of rotatable bonds is 6. The minimum atomic E-state index is -0.783. The lowest BCUT2D eigenvalue weighted by atomic mass is 9.85. The fourth-order valence-electron chi connectivity index (χ4n) is 4.00. The van der Waals surface area contributed by atoms with Crippen LogP contribution < -0.4 is 15.4 Å². The first-order valence-electron chi connectivity index (χ1n) is 10.7. The maximum Gasteiger partial charge on any atom is 0.414 e. The molecule has 0 saturated heterocycles. The molecule has 174 valence electrons. The van der Waals surface area contributed by atoms with Crippen LogP contribution in [0.25, 0.3) is 0 Å². The Kier molecular flexibility index (Phi) is 8.33. The molecule has 0 radical (unpaired) electrons. The molecule has 7 heteroatoms. The van der Waals surface area contributed by atoms with Crippen LogP contribution in [-0.4, -0.2) is 24.3 Å². The summed E-state index contributed by atoms with van der Waals surface area (Å²) in [5, 5.41) is 10.6. The third-order valence-corrected chi connectivity index (χ3v) is 5.79. The molecule has 1 aliphatic carbocycles. The third-order valence-electron chi connectivity index (χ3n) is 5.79. The number of amides is 1. The number of nitrogens with two attached hydrogens (primary N) is 1. The van der Waals surface area contributed by atoms with E-state index in [-0.39, 0.29) is 25.1 Å². The number of halogens is 1. The first-order valence-corrected chi connectivity index (χ1v) is 10.7. The van der Waals surface area contributed by atoms with Gasteiger partial charge in [-0.25, -0.2) is 4.79 Å². The minimum Gasteiger partial charge on any atom is -0.487 e. The summed E-state index contributed by atoms with van der Waals surface area (Å²) in [6, 6.07) is 22.7. The highest BCUT2D eigenvalue weighted by Crippen LogP contribution is 2.41. The molecule has 3 N–H and O–H groups in total. The van der Waals surface area contributed by atoms with Crippen LogP contribution >= 0.6 is 12.4 Å². The first kappa shape index (κ1) is 24.6. The molecule has 0 aromatic heterocycles. The molecule has 0 bridgehead atoms. The Morgan fingerprint density at radius 1 is 1.00 bits per heavy atom. The number of carbonyl (C=O) groups is 1. The van der Waals surface area contributed by atoms with Gasteiger partial charge < -0.3 is 20.3 Å². The van der Waals surface area contributed by atoms with Crippen molar-refractivity contribution in [1.82, 2.24) is 0 Å². The van der Waals surface area contributed by atoms with Gasteiger partial charge in [0.2, 0.25) is 0 Å². The number of ether oxygens (including phenoxy) is 2. The zero-order valence-corrected chi connectivity index (χ0v) is 19.3. The number of nitrogens with zero attached hydrogens (tertiary/aromatic N) is 1. The van der Waals surface area contributed by atoms with Crippen molar-refractivity contribution in [1.29, 1.82) is 0 Å². The van der Waals surface area contributed by atoms with Gasteiger partial charge in [-0.1, -0.05) is 66.7 Å². The van der Waals surface area contributed by atoms with E-state index >= 15 is 0 Å². The summed E-state index contributed by atoms with van der Waals surface area (Å²) in [7, 11) is 1.67. The van der Waals surface area contributed by atoms with Gasteiger partial charge in [0.1, 0.15) is 19.0 Å². The van der Waals surface area contributed by atoms with Crippen LogP contribution in [0.4, 0.5) is 10.5 Å². The smallest absolute Gasteiger partial charge is 0.414 e. The van der Waals surface area contributed by atoms with Gasteiger partial charge in [0.25, 0.3) is 0 Å². The predicted octanol–water partition coefficient (Wildman–Crippen LogP) is 4.77. The van der Waals surface area contributed by atoms with E-state index in [1.165, 1.54) is 4.90 Å². The van der Waals surface area contributed by atoms with Crippen molar-refractivity contribution in [3.63, 3.8) is 0 Å². The molecule has 0 unspecified atom stereocenters. The Morgan fingerprint density at radius 2 is 1.61 bits per heavy atom. The van der Waals surface area contributed by atoms with Gasteiger partial charge >= 0.3 is 6.09 Å². The molecule has 0 heterocycles. The van der Waals surface area contributed by atoms with Crippen LogP contribution in [0.5, 0.6) is 5.75 Å². The Morgan fingerprint density at radius 3 is 2.24 bits per heavy atom. The lowest BCUT2D eigenvalue weighted by Gasteiger charge is -2.32. The molecule has 6 nitrogen and oxygen atoms in total. The number of anilines is 1. The number of hydrogen-bond donors (Lipinski definition) is 2. The fraction of sp³-hybridized carbons (Fsp3) is 0.269. The molecule has 1 aliphatic rings. The lowest BCUT2D eigenvalue weighted by molar-refractivity contribution is 0.133. The van der Waals surface area contributed by atoms with Gasteiger partial charge in [0.05, 0.1) is 11.8 Å². The van der Waals surface area contributed by atoms with Crippen molar-refractivity contribution in [2.24, 2.45) is 5.73 Å². The maximum absolute atomic E-state index is 12.9. The van der Waals surface area contributed by atoms with Gasteiger partial charge in [-0.3, -0.25) is 4.90 Å². The highest BCUT2D eigenvalue weighted by Gasteiger charge is 2.31. The van der Waals surface area contributed by atoms with Gasteiger partial charge in [0.15, 0.2) is 0 Å². The molecule has 0 fully saturated rings. The number of fused-ring (bicyclic) bond motifs is 1. The summed E-state index contributed by atoms with van der Waals surface area (Å²) >= 11 is 0. The number of hydrogen-bond acceptors (Lipinski definition) is 5. The van der Waals surface area contributed by atoms with Crippen molar-refractivity contribution >= 4 is 24.2 Å². The molecule has 3 aromatic rings. The van der Waals surface area contributed by atoms with Crippen LogP contribution in [0.2, 0.25) is 0 Å². The van der Waals surface area contributed by atoms with E-state index in [9.17, 15) is 9.90 Å². The average molecular weight is 469 g/mol. The number of aliphatic hydroxyl groups excluding tert-OH is 1. The number of carbonyl (C=O) groups excluding carboxylic acids is 1. The SMILES string of the molecule is CN(C(=O)OCc1ccccc1)c1c(OCc2ccccc2)ccc2c1CC[C@@H](N)[C@@H]2O.Cl. The first-order chi connectivity index (χ1) is 15.5. The van der Waals surface area contributed by atoms with E-state index in [2.05, 4.69) is 0 Å². The monoisotopic (exact) mass is 468 g/mol. The topological polar surface area (TPSA) is 85.0 Å². The molecule has 0 spiro atoms. The summed E-state index contributed by atoms with van der Waals surface area (Å²) in [4.78, 5) is 14.4. The predicted molar refractivity (Wildman–Crippen MR) is 131 cm³/mol. The van der Waals surface area contributed by atoms with E-state index in [0.717, 1.165) is 22.3 Å². The Hall–Kier alpha value is -3.06. The van der Waals surface area contributed by atoms with Gasteiger partial charge in [-0.15, -0.1) is 12.4 Å². The van der Waals surface area contributed by atoms with E-state index < -0.39 is 12.2 Å². The second-order valence-electron chi connectivity index (χ2n) is 8.00.